The molecule has 0 unspecified atom stereocenters. The summed E-state index contributed by atoms with van der Waals surface area (Å²) in [4.78, 5) is 24.1. The molecule has 0 aliphatic rings. The molecule has 10 nitrogen and oxygen atoms in total. The van der Waals surface area contributed by atoms with Crippen LogP contribution in [0.5, 0.6) is 0 Å². The molecule has 0 saturated heterocycles. The molecule has 36 heavy (non-hydrogen) atoms. The topological polar surface area (TPSA) is 105 Å². The van der Waals surface area contributed by atoms with E-state index in [4.69, 9.17) is 23.7 Å². The van der Waals surface area contributed by atoms with Crippen molar-refractivity contribution in [2.75, 3.05) is 98.8 Å². The van der Waals surface area contributed by atoms with Crippen LogP contribution in [0.2, 0.25) is 0 Å². The SMILES string of the molecule is C=CC(=O)OCCOCCOCC.CCNCC.CCOCCOCCOC(=O)CCN(CC)CC. The predicted molar refractivity (Wildman–Crippen MR) is 143 cm³/mol. The van der Waals surface area contributed by atoms with Crippen LogP contribution in [0.25, 0.3) is 0 Å². The number of nitrogens with one attached hydrogen (secondary N) is 1. The normalized spacial score (nSPS) is 10.1. The van der Waals surface area contributed by atoms with E-state index in [1.165, 1.54) is 0 Å². The number of hydrogen-bond acceptors (Lipinski definition) is 10. The minimum atomic E-state index is -0.423. The van der Waals surface area contributed by atoms with Gasteiger partial charge >= 0.3 is 11.9 Å². The number of hydrogen-bond donors (Lipinski definition) is 1. The maximum atomic E-state index is 11.4. The Bertz CT molecular complexity index is 461. The number of ether oxygens (including phenoxy) is 6. The lowest BCUT2D eigenvalue weighted by Gasteiger charge is -2.16. The summed E-state index contributed by atoms with van der Waals surface area (Å²) in [5, 5.41) is 3.11. The fraction of sp³-hybridized carbons (Fsp3) is 0.846. The summed E-state index contributed by atoms with van der Waals surface area (Å²) >= 11 is 0. The van der Waals surface area contributed by atoms with Gasteiger partial charge < -0.3 is 38.6 Å². The Morgan fingerprint density at radius 2 is 1.14 bits per heavy atom. The Morgan fingerprint density at radius 1 is 0.694 bits per heavy atom. The van der Waals surface area contributed by atoms with Gasteiger partial charge in [0.1, 0.15) is 13.2 Å². The van der Waals surface area contributed by atoms with E-state index < -0.39 is 5.97 Å². The van der Waals surface area contributed by atoms with Crippen LogP contribution < -0.4 is 5.32 Å². The molecule has 0 aliphatic carbocycles. The highest BCUT2D eigenvalue weighted by Gasteiger charge is 2.06. The van der Waals surface area contributed by atoms with Crippen molar-refractivity contribution < 1.29 is 38.0 Å². The second-order valence-electron chi connectivity index (χ2n) is 6.94. The highest BCUT2D eigenvalue weighted by molar-refractivity contribution is 5.81. The first kappa shape index (κ1) is 39.0. The highest BCUT2D eigenvalue weighted by atomic mass is 16.6. The Hall–Kier alpha value is -1.56. The number of nitrogens with zero attached hydrogens (tertiary/aromatic N) is 1. The molecule has 0 radical (unpaired) electrons. The predicted octanol–water partition coefficient (Wildman–Crippen LogP) is 2.70. The summed E-state index contributed by atoms with van der Waals surface area (Å²) in [6.45, 7) is 25.4. The average Bonchev–Trinajstić information content (AvgIpc) is 2.89. The Morgan fingerprint density at radius 3 is 1.53 bits per heavy atom. The molecule has 1 N–H and O–H groups in total. The fourth-order valence-corrected chi connectivity index (χ4v) is 2.31. The van der Waals surface area contributed by atoms with Gasteiger partial charge in [0.25, 0.3) is 0 Å². The summed E-state index contributed by atoms with van der Waals surface area (Å²) in [7, 11) is 0. The maximum Gasteiger partial charge on any atom is 0.330 e. The molecule has 0 amide bonds. The minimum Gasteiger partial charge on any atom is -0.463 e. The molecule has 10 heteroatoms. The third-order valence-corrected chi connectivity index (χ3v) is 4.31. The van der Waals surface area contributed by atoms with Crippen LogP contribution in [0.3, 0.4) is 0 Å². The second-order valence-corrected chi connectivity index (χ2v) is 6.94. The van der Waals surface area contributed by atoms with Gasteiger partial charge in [-0.3, -0.25) is 4.79 Å². The van der Waals surface area contributed by atoms with E-state index in [2.05, 4.69) is 49.2 Å². The van der Waals surface area contributed by atoms with Gasteiger partial charge in [-0.05, 0) is 40.0 Å². The quantitative estimate of drug-likeness (QED) is 0.130. The molecule has 0 bridgehead atoms. The molecular formula is C26H54N2O8. The molecule has 0 saturated carbocycles. The first-order valence-corrected chi connectivity index (χ1v) is 13.2. The van der Waals surface area contributed by atoms with Crippen molar-refractivity contribution in [3.05, 3.63) is 12.7 Å². The lowest BCUT2D eigenvalue weighted by atomic mass is 10.4. The average molecular weight is 523 g/mol. The Kier molecular flexibility index (Phi) is 38.5. The molecule has 0 aromatic rings. The van der Waals surface area contributed by atoms with E-state index in [9.17, 15) is 9.59 Å². The molecule has 0 heterocycles. The lowest BCUT2D eigenvalue weighted by Crippen LogP contribution is -2.26. The van der Waals surface area contributed by atoms with E-state index in [0.717, 1.165) is 38.8 Å². The molecule has 0 aliphatic heterocycles. The molecule has 0 fully saturated rings. The second kappa shape index (κ2) is 35.6. The van der Waals surface area contributed by atoms with Crippen molar-refractivity contribution in [1.29, 1.82) is 0 Å². The van der Waals surface area contributed by atoms with Crippen molar-refractivity contribution in [2.45, 2.75) is 48.0 Å². The van der Waals surface area contributed by atoms with Crippen LogP contribution in [-0.4, -0.2) is 116 Å². The number of rotatable bonds is 22. The van der Waals surface area contributed by atoms with Gasteiger partial charge in [0, 0.05) is 25.8 Å². The summed E-state index contributed by atoms with van der Waals surface area (Å²) in [6.07, 6.45) is 1.57. The van der Waals surface area contributed by atoms with Crippen molar-refractivity contribution in [3.8, 4) is 0 Å². The van der Waals surface area contributed by atoms with Gasteiger partial charge in [-0.15, -0.1) is 0 Å². The van der Waals surface area contributed by atoms with Gasteiger partial charge in [-0.1, -0.05) is 34.3 Å². The first-order valence-electron chi connectivity index (χ1n) is 13.2. The molecular weight excluding hydrogens is 468 g/mol. The molecule has 0 aromatic carbocycles. The Balaban J connectivity index is -0.000000526. The molecule has 0 spiro atoms. The zero-order chi connectivity index (χ0) is 27.7. The van der Waals surface area contributed by atoms with Crippen molar-refractivity contribution in [1.82, 2.24) is 10.2 Å². The number of carbonyl (C=O) groups is 2. The summed E-state index contributed by atoms with van der Waals surface area (Å²) in [5.41, 5.74) is 0. The molecule has 0 rings (SSSR count). The molecule has 216 valence electrons. The third-order valence-electron chi connectivity index (χ3n) is 4.31. The highest BCUT2D eigenvalue weighted by Crippen LogP contribution is 1.93. The van der Waals surface area contributed by atoms with Crippen LogP contribution >= 0.6 is 0 Å². The van der Waals surface area contributed by atoms with E-state index in [0.29, 0.717) is 65.9 Å². The number of carbonyl (C=O) groups excluding carboxylic acids is 2. The van der Waals surface area contributed by atoms with E-state index in [-0.39, 0.29) is 12.6 Å². The molecule has 0 aromatic heterocycles. The zero-order valence-electron chi connectivity index (χ0n) is 23.8. The number of esters is 2. The molecule has 0 atom stereocenters. The minimum absolute atomic E-state index is 0.157. The smallest absolute Gasteiger partial charge is 0.330 e. The monoisotopic (exact) mass is 522 g/mol. The van der Waals surface area contributed by atoms with Gasteiger partial charge in [-0.25, -0.2) is 4.79 Å². The van der Waals surface area contributed by atoms with Gasteiger partial charge in [0.2, 0.25) is 0 Å². The van der Waals surface area contributed by atoms with Crippen molar-refractivity contribution in [3.63, 3.8) is 0 Å². The van der Waals surface area contributed by atoms with Gasteiger partial charge in [0.15, 0.2) is 0 Å². The van der Waals surface area contributed by atoms with E-state index >= 15 is 0 Å². The standard InChI is InChI=1S/C13H27NO4.C9H16O4.C4H11N/c1-4-14(5-2)8-7-13(15)18-12-11-17-10-9-16-6-3;1-3-9(10)13-8-7-12-6-5-11-4-2;1-3-5-4-2/h4-12H2,1-3H3;3H,1,4-8H2,2H3;5H,3-4H2,1-2H3. The van der Waals surface area contributed by atoms with Crippen LogP contribution in [-0.2, 0) is 38.0 Å². The van der Waals surface area contributed by atoms with Crippen LogP contribution in [0.4, 0.5) is 0 Å². The third kappa shape index (κ3) is 37.0. The van der Waals surface area contributed by atoms with Crippen molar-refractivity contribution in [2.24, 2.45) is 0 Å². The van der Waals surface area contributed by atoms with Crippen LogP contribution in [0.1, 0.15) is 48.0 Å². The first-order chi connectivity index (χ1) is 17.5. The summed E-state index contributed by atoms with van der Waals surface area (Å²) in [5.74, 6) is -0.580. The van der Waals surface area contributed by atoms with E-state index in [1.807, 2.05) is 13.8 Å². The zero-order valence-corrected chi connectivity index (χ0v) is 23.8. The van der Waals surface area contributed by atoms with Crippen LogP contribution in [0, 0.1) is 0 Å². The van der Waals surface area contributed by atoms with Crippen LogP contribution in [0.15, 0.2) is 12.7 Å². The largest absolute Gasteiger partial charge is 0.463 e. The summed E-state index contributed by atoms with van der Waals surface area (Å²) < 4.78 is 30.2. The van der Waals surface area contributed by atoms with Gasteiger partial charge in [-0.2, -0.15) is 0 Å². The van der Waals surface area contributed by atoms with E-state index in [1.54, 1.807) is 0 Å². The Labute approximate surface area is 219 Å². The lowest BCUT2D eigenvalue weighted by molar-refractivity contribution is -0.145. The fourth-order valence-electron chi connectivity index (χ4n) is 2.31. The van der Waals surface area contributed by atoms with Gasteiger partial charge in [0.05, 0.1) is 46.1 Å². The maximum absolute atomic E-state index is 11.4. The van der Waals surface area contributed by atoms with Crippen molar-refractivity contribution >= 4 is 11.9 Å². The summed E-state index contributed by atoms with van der Waals surface area (Å²) in [6, 6.07) is 0.